The number of hydrogen-bond acceptors (Lipinski definition) is 1. The Kier molecular flexibility index (Phi) is 3.43. The topological polar surface area (TPSA) is 12.0 Å². The van der Waals surface area contributed by atoms with Crippen molar-refractivity contribution in [2.75, 3.05) is 5.32 Å². The lowest BCUT2D eigenvalue weighted by Crippen LogP contribution is -2.34. The molecule has 0 amide bonds. The van der Waals surface area contributed by atoms with Crippen molar-refractivity contribution in [3.05, 3.63) is 65.2 Å². The summed E-state index contributed by atoms with van der Waals surface area (Å²) < 4.78 is 26.2. The number of halogens is 2. The molecule has 2 aromatic rings. The molecular weight excluding hydrogens is 256 g/mol. The molecule has 1 N–H and O–H groups in total. The van der Waals surface area contributed by atoms with E-state index in [1.54, 1.807) is 18.2 Å². The van der Waals surface area contributed by atoms with Crippen molar-refractivity contribution in [3.63, 3.8) is 0 Å². The van der Waals surface area contributed by atoms with Crippen LogP contribution < -0.4 is 5.32 Å². The molecule has 0 saturated heterocycles. The first-order chi connectivity index (χ1) is 9.61. The molecule has 0 bridgehead atoms. The van der Waals surface area contributed by atoms with Gasteiger partial charge < -0.3 is 5.32 Å². The van der Waals surface area contributed by atoms with Gasteiger partial charge in [0.1, 0.15) is 11.6 Å². The highest BCUT2D eigenvalue weighted by atomic mass is 19.1. The van der Waals surface area contributed by atoms with Crippen molar-refractivity contribution in [1.29, 1.82) is 0 Å². The van der Waals surface area contributed by atoms with Gasteiger partial charge in [0, 0.05) is 11.7 Å². The number of benzene rings is 2. The minimum atomic E-state index is -0.209. The van der Waals surface area contributed by atoms with Crippen LogP contribution in [0.1, 0.15) is 29.9 Å². The third-order valence-electron chi connectivity index (χ3n) is 4.01. The SMILES string of the molecule is Cc1cc(F)ccc1NC1CC(c2cccc(F)c2)C1. The Labute approximate surface area is 117 Å². The maximum atomic E-state index is 13.2. The molecule has 1 aliphatic carbocycles. The van der Waals surface area contributed by atoms with Crippen LogP contribution >= 0.6 is 0 Å². The third-order valence-corrected chi connectivity index (χ3v) is 4.01. The zero-order valence-electron chi connectivity index (χ0n) is 11.4. The van der Waals surface area contributed by atoms with E-state index in [2.05, 4.69) is 5.32 Å². The zero-order valence-corrected chi connectivity index (χ0v) is 11.4. The van der Waals surface area contributed by atoms with E-state index < -0.39 is 0 Å². The van der Waals surface area contributed by atoms with Gasteiger partial charge in [-0.05, 0) is 67.1 Å². The van der Waals surface area contributed by atoms with Gasteiger partial charge in [-0.2, -0.15) is 0 Å². The summed E-state index contributed by atoms with van der Waals surface area (Å²) in [5.74, 6) is 0.0385. The molecule has 1 aliphatic rings. The Balaban J connectivity index is 1.61. The highest BCUT2D eigenvalue weighted by Gasteiger charge is 2.30. The fraction of sp³-hybridized carbons (Fsp3) is 0.294. The zero-order chi connectivity index (χ0) is 14.1. The highest BCUT2D eigenvalue weighted by Crippen LogP contribution is 2.39. The molecule has 1 fully saturated rings. The van der Waals surface area contributed by atoms with E-state index in [9.17, 15) is 8.78 Å². The van der Waals surface area contributed by atoms with Gasteiger partial charge >= 0.3 is 0 Å². The van der Waals surface area contributed by atoms with Gasteiger partial charge in [0.05, 0.1) is 0 Å². The smallest absolute Gasteiger partial charge is 0.123 e. The van der Waals surface area contributed by atoms with Crippen LogP contribution in [0.15, 0.2) is 42.5 Å². The summed E-state index contributed by atoms with van der Waals surface area (Å²) in [4.78, 5) is 0. The Morgan fingerprint density at radius 2 is 1.75 bits per heavy atom. The number of anilines is 1. The third kappa shape index (κ3) is 2.67. The number of rotatable bonds is 3. The van der Waals surface area contributed by atoms with Gasteiger partial charge in [-0.15, -0.1) is 0 Å². The Morgan fingerprint density at radius 3 is 2.45 bits per heavy atom. The standard InChI is InChI=1S/C17H17F2N/c1-11-7-15(19)5-6-17(11)20-16-9-13(10-16)12-3-2-4-14(18)8-12/h2-8,13,16,20H,9-10H2,1H3. The molecule has 1 saturated carbocycles. The van der Waals surface area contributed by atoms with Gasteiger partial charge in [-0.1, -0.05) is 12.1 Å². The Hall–Kier alpha value is -1.90. The molecule has 20 heavy (non-hydrogen) atoms. The second-order valence-electron chi connectivity index (χ2n) is 5.52. The second-order valence-corrected chi connectivity index (χ2v) is 5.52. The van der Waals surface area contributed by atoms with Crippen molar-refractivity contribution in [2.45, 2.75) is 31.7 Å². The molecule has 0 radical (unpaired) electrons. The Morgan fingerprint density at radius 1 is 1.00 bits per heavy atom. The molecule has 0 aliphatic heterocycles. The molecule has 0 spiro atoms. The summed E-state index contributed by atoms with van der Waals surface area (Å²) in [6.45, 7) is 1.90. The summed E-state index contributed by atoms with van der Waals surface area (Å²) in [6.07, 6.45) is 1.97. The van der Waals surface area contributed by atoms with E-state index in [1.165, 1.54) is 18.2 Å². The van der Waals surface area contributed by atoms with Gasteiger partial charge in [0.25, 0.3) is 0 Å². The van der Waals surface area contributed by atoms with E-state index in [-0.39, 0.29) is 11.6 Å². The summed E-state index contributed by atoms with van der Waals surface area (Å²) in [5, 5.41) is 3.43. The lowest BCUT2D eigenvalue weighted by molar-refractivity contribution is 0.373. The highest BCUT2D eigenvalue weighted by molar-refractivity contribution is 5.52. The minimum absolute atomic E-state index is 0.173. The summed E-state index contributed by atoms with van der Waals surface area (Å²) in [7, 11) is 0. The first-order valence-corrected chi connectivity index (χ1v) is 6.90. The van der Waals surface area contributed by atoms with Crippen molar-refractivity contribution in [3.8, 4) is 0 Å². The van der Waals surface area contributed by atoms with Gasteiger partial charge in [0.15, 0.2) is 0 Å². The van der Waals surface area contributed by atoms with Crippen LogP contribution in [-0.2, 0) is 0 Å². The molecule has 0 unspecified atom stereocenters. The second kappa shape index (κ2) is 5.23. The molecule has 104 valence electrons. The fourth-order valence-electron chi connectivity index (χ4n) is 2.78. The molecule has 2 aromatic carbocycles. The quantitative estimate of drug-likeness (QED) is 0.859. The number of hydrogen-bond donors (Lipinski definition) is 1. The summed E-state index contributed by atoms with van der Waals surface area (Å²) in [5.41, 5.74) is 2.96. The van der Waals surface area contributed by atoms with Crippen LogP contribution in [0.5, 0.6) is 0 Å². The van der Waals surface area contributed by atoms with Crippen LogP contribution in [0.25, 0.3) is 0 Å². The molecular formula is C17H17F2N. The van der Waals surface area contributed by atoms with Crippen LogP contribution in [0.4, 0.5) is 14.5 Å². The largest absolute Gasteiger partial charge is 0.382 e. The summed E-state index contributed by atoms with van der Waals surface area (Å²) in [6, 6.07) is 12.0. The van der Waals surface area contributed by atoms with E-state index in [1.807, 2.05) is 13.0 Å². The van der Waals surface area contributed by atoms with E-state index in [0.29, 0.717) is 12.0 Å². The van der Waals surface area contributed by atoms with Crippen molar-refractivity contribution in [1.82, 2.24) is 0 Å². The lowest BCUT2D eigenvalue weighted by Gasteiger charge is -2.37. The van der Waals surface area contributed by atoms with Crippen LogP contribution in [0.3, 0.4) is 0 Å². The number of nitrogens with one attached hydrogen (secondary N) is 1. The average Bonchev–Trinajstić information content (AvgIpc) is 2.35. The molecule has 3 heteroatoms. The maximum Gasteiger partial charge on any atom is 0.123 e. The normalized spacial score (nSPS) is 21.4. The molecule has 3 rings (SSSR count). The average molecular weight is 273 g/mol. The van der Waals surface area contributed by atoms with E-state index in [0.717, 1.165) is 29.7 Å². The van der Waals surface area contributed by atoms with Crippen molar-refractivity contribution < 1.29 is 8.78 Å². The van der Waals surface area contributed by atoms with Crippen LogP contribution in [0, 0.1) is 18.6 Å². The van der Waals surface area contributed by atoms with Gasteiger partial charge in [0.2, 0.25) is 0 Å². The molecule has 0 heterocycles. The Bertz CT molecular complexity index is 618. The molecule has 0 aromatic heterocycles. The summed E-state index contributed by atoms with van der Waals surface area (Å²) >= 11 is 0. The van der Waals surface area contributed by atoms with E-state index in [4.69, 9.17) is 0 Å². The van der Waals surface area contributed by atoms with Crippen molar-refractivity contribution in [2.24, 2.45) is 0 Å². The molecule has 0 atom stereocenters. The first kappa shape index (κ1) is 13.1. The predicted octanol–water partition coefficient (Wildman–Crippen LogP) is 4.63. The fourth-order valence-corrected chi connectivity index (χ4v) is 2.78. The van der Waals surface area contributed by atoms with Crippen LogP contribution in [0.2, 0.25) is 0 Å². The van der Waals surface area contributed by atoms with E-state index >= 15 is 0 Å². The van der Waals surface area contributed by atoms with Crippen LogP contribution in [-0.4, -0.2) is 6.04 Å². The first-order valence-electron chi connectivity index (χ1n) is 6.90. The lowest BCUT2D eigenvalue weighted by atomic mass is 9.75. The monoisotopic (exact) mass is 273 g/mol. The number of aryl methyl sites for hydroxylation is 1. The van der Waals surface area contributed by atoms with Crippen molar-refractivity contribution >= 4 is 5.69 Å². The van der Waals surface area contributed by atoms with Gasteiger partial charge in [-0.3, -0.25) is 0 Å². The molecule has 1 nitrogen and oxygen atoms in total. The minimum Gasteiger partial charge on any atom is -0.382 e. The predicted molar refractivity (Wildman–Crippen MR) is 76.9 cm³/mol. The van der Waals surface area contributed by atoms with Gasteiger partial charge in [-0.25, -0.2) is 8.78 Å². The maximum absolute atomic E-state index is 13.2.